The van der Waals surface area contributed by atoms with Gasteiger partial charge in [0, 0.05) is 13.1 Å². The van der Waals surface area contributed by atoms with Gasteiger partial charge in [0.1, 0.15) is 12.6 Å². The van der Waals surface area contributed by atoms with Crippen LogP contribution in [-0.4, -0.2) is 36.3 Å². The molecule has 0 aromatic heterocycles. The summed E-state index contributed by atoms with van der Waals surface area (Å²) >= 11 is 0. The van der Waals surface area contributed by atoms with Crippen LogP contribution in [0.15, 0.2) is 48.5 Å². The summed E-state index contributed by atoms with van der Waals surface area (Å²) in [5.41, 5.74) is 1.83. The zero-order valence-corrected chi connectivity index (χ0v) is 15.4. The number of carbonyl (C=O) groups excluding carboxylic acids is 2. The van der Waals surface area contributed by atoms with E-state index >= 15 is 0 Å². The Hall–Kier alpha value is -3.22. The fourth-order valence-electron chi connectivity index (χ4n) is 3.42. The number of nitrogens with zero attached hydrogens (tertiary/aromatic N) is 1. The van der Waals surface area contributed by atoms with E-state index in [0.29, 0.717) is 31.0 Å². The molecule has 0 spiro atoms. The Bertz CT molecular complexity index is 855. The number of amides is 2. The average Bonchev–Trinajstić information content (AvgIpc) is 3.40. The molecule has 2 amide bonds. The van der Waals surface area contributed by atoms with Gasteiger partial charge in [-0.2, -0.15) is 0 Å². The zero-order chi connectivity index (χ0) is 19.3. The van der Waals surface area contributed by atoms with Crippen molar-refractivity contribution < 1.29 is 23.8 Å². The molecule has 1 saturated heterocycles. The van der Waals surface area contributed by atoms with Crippen molar-refractivity contribution in [3.05, 3.63) is 59.7 Å². The molecule has 7 nitrogen and oxygen atoms in total. The predicted molar refractivity (Wildman–Crippen MR) is 101 cm³/mol. The van der Waals surface area contributed by atoms with Crippen molar-refractivity contribution in [3.8, 4) is 11.5 Å². The van der Waals surface area contributed by atoms with Crippen LogP contribution in [0.25, 0.3) is 0 Å². The van der Waals surface area contributed by atoms with Crippen LogP contribution in [-0.2, 0) is 22.7 Å². The van der Waals surface area contributed by atoms with Crippen molar-refractivity contribution in [1.82, 2.24) is 10.2 Å². The minimum Gasteiger partial charge on any atom is -0.454 e. The van der Waals surface area contributed by atoms with Crippen LogP contribution in [0.1, 0.15) is 24.0 Å². The van der Waals surface area contributed by atoms with Gasteiger partial charge >= 0.3 is 6.09 Å². The van der Waals surface area contributed by atoms with Crippen molar-refractivity contribution in [2.24, 2.45) is 0 Å². The van der Waals surface area contributed by atoms with Gasteiger partial charge in [0.15, 0.2) is 11.5 Å². The van der Waals surface area contributed by atoms with E-state index in [1.165, 1.54) is 4.90 Å². The standard InChI is InChI=1S/C21H22N2O5/c24-20(22-12-16-8-9-18-19(11-16)28-14-27-18)17-7-4-10-23(17)21(25)26-13-15-5-2-1-3-6-15/h1-3,5-6,8-9,11,17H,4,7,10,12-14H2,(H,22,24). The van der Waals surface area contributed by atoms with E-state index in [1.54, 1.807) is 0 Å². The molecule has 2 aliphatic heterocycles. The highest BCUT2D eigenvalue weighted by Crippen LogP contribution is 2.32. The van der Waals surface area contributed by atoms with Crippen LogP contribution >= 0.6 is 0 Å². The normalized spacial score (nSPS) is 17.4. The molecule has 2 aliphatic rings. The molecule has 0 aliphatic carbocycles. The molecule has 2 aromatic rings. The Labute approximate surface area is 163 Å². The van der Waals surface area contributed by atoms with Crippen LogP contribution in [0, 0.1) is 0 Å². The summed E-state index contributed by atoms with van der Waals surface area (Å²) < 4.78 is 16.0. The van der Waals surface area contributed by atoms with E-state index in [2.05, 4.69) is 5.32 Å². The van der Waals surface area contributed by atoms with Gasteiger partial charge in [0.25, 0.3) is 0 Å². The monoisotopic (exact) mass is 382 g/mol. The molecule has 4 rings (SSSR count). The Morgan fingerprint density at radius 3 is 2.75 bits per heavy atom. The van der Waals surface area contributed by atoms with Crippen LogP contribution in [0.2, 0.25) is 0 Å². The largest absolute Gasteiger partial charge is 0.454 e. The van der Waals surface area contributed by atoms with E-state index in [4.69, 9.17) is 14.2 Å². The highest BCUT2D eigenvalue weighted by molar-refractivity contribution is 5.86. The SMILES string of the molecule is O=C(NCc1ccc2c(c1)OCO2)C1CCCN1C(=O)OCc1ccccc1. The van der Waals surface area contributed by atoms with Crippen molar-refractivity contribution >= 4 is 12.0 Å². The number of likely N-dealkylation sites (tertiary alicyclic amines) is 1. The lowest BCUT2D eigenvalue weighted by Gasteiger charge is -2.23. The minimum atomic E-state index is -0.503. The third kappa shape index (κ3) is 4.03. The van der Waals surface area contributed by atoms with Crippen molar-refractivity contribution in [2.75, 3.05) is 13.3 Å². The quantitative estimate of drug-likeness (QED) is 0.861. The van der Waals surface area contributed by atoms with Gasteiger partial charge < -0.3 is 19.5 Å². The molecule has 1 atom stereocenters. The summed E-state index contributed by atoms with van der Waals surface area (Å²) in [6.45, 7) is 1.30. The highest BCUT2D eigenvalue weighted by atomic mass is 16.7. The van der Waals surface area contributed by atoms with E-state index < -0.39 is 12.1 Å². The molecular formula is C21H22N2O5. The number of ether oxygens (including phenoxy) is 3. The molecule has 146 valence electrons. The number of benzene rings is 2. The van der Waals surface area contributed by atoms with Gasteiger partial charge in [-0.15, -0.1) is 0 Å². The van der Waals surface area contributed by atoms with Crippen LogP contribution in [0.3, 0.4) is 0 Å². The Kier molecular flexibility index (Phi) is 5.32. The van der Waals surface area contributed by atoms with E-state index in [1.807, 2.05) is 48.5 Å². The molecule has 28 heavy (non-hydrogen) atoms. The van der Waals surface area contributed by atoms with Gasteiger partial charge in [0.05, 0.1) is 0 Å². The summed E-state index contributed by atoms with van der Waals surface area (Å²) in [6, 6.07) is 14.5. The third-order valence-electron chi connectivity index (χ3n) is 4.90. The molecule has 0 saturated carbocycles. The first-order chi connectivity index (χ1) is 13.7. The maximum absolute atomic E-state index is 12.6. The summed E-state index contributed by atoms with van der Waals surface area (Å²) in [5, 5.41) is 2.91. The molecule has 1 N–H and O–H groups in total. The number of carbonyl (C=O) groups is 2. The van der Waals surface area contributed by atoms with Crippen molar-refractivity contribution in [2.45, 2.75) is 32.0 Å². The molecular weight excluding hydrogens is 360 g/mol. The topological polar surface area (TPSA) is 77.1 Å². The predicted octanol–water partition coefficient (Wildman–Crippen LogP) is 2.83. The lowest BCUT2D eigenvalue weighted by Crippen LogP contribution is -2.45. The maximum Gasteiger partial charge on any atom is 0.410 e. The zero-order valence-electron chi connectivity index (χ0n) is 15.4. The van der Waals surface area contributed by atoms with Gasteiger partial charge in [-0.1, -0.05) is 36.4 Å². The van der Waals surface area contributed by atoms with Gasteiger partial charge in [-0.3, -0.25) is 9.69 Å². The van der Waals surface area contributed by atoms with Crippen LogP contribution in [0.4, 0.5) is 4.79 Å². The second-order valence-electron chi connectivity index (χ2n) is 6.80. The lowest BCUT2D eigenvalue weighted by molar-refractivity contribution is -0.125. The molecule has 7 heteroatoms. The minimum absolute atomic E-state index is 0.174. The first-order valence-electron chi connectivity index (χ1n) is 9.34. The second-order valence-corrected chi connectivity index (χ2v) is 6.80. The van der Waals surface area contributed by atoms with E-state index in [9.17, 15) is 9.59 Å². The fourth-order valence-corrected chi connectivity index (χ4v) is 3.42. The molecule has 2 heterocycles. The summed E-state index contributed by atoms with van der Waals surface area (Å²) in [6.07, 6.45) is 0.959. The number of fused-ring (bicyclic) bond motifs is 1. The Morgan fingerprint density at radius 2 is 1.89 bits per heavy atom. The van der Waals surface area contributed by atoms with Crippen molar-refractivity contribution in [3.63, 3.8) is 0 Å². The van der Waals surface area contributed by atoms with Gasteiger partial charge in [-0.25, -0.2) is 4.79 Å². The second kappa shape index (κ2) is 8.21. The third-order valence-corrected chi connectivity index (χ3v) is 4.90. The molecule has 0 radical (unpaired) electrons. The van der Waals surface area contributed by atoms with Gasteiger partial charge in [0.2, 0.25) is 12.7 Å². The number of hydrogen-bond acceptors (Lipinski definition) is 5. The van der Waals surface area contributed by atoms with Gasteiger partial charge in [-0.05, 0) is 36.1 Å². The Balaban J connectivity index is 1.31. The smallest absolute Gasteiger partial charge is 0.410 e. The molecule has 1 unspecified atom stereocenters. The number of hydrogen-bond donors (Lipinski definition) is 1. The fraction of sp³-hybridized carbons (Fsp3) is 0.333. The Morgan fingerprint density at radius 1 is 1.07 bits per heavy atom. The molecule has 1 fully saturated rings. The number of rotatable bonds is 5. The van der Waals surface area contributed by atoms with Crippen LogP contribution in [0.5, 0.6) is 11.5 Å². The number of nitrogens with one attached hydrogen (secondary N) is 1. The molecule has 0 bridgehead atoms. The van der Waals surface area contributed by atoms with E-state index in [-0.39, 0.29) is 19.3 Å². The highest BCUT2D eigenvalue weighted by Gasteiger charge is 2.35. The van der Waals surface area contributed by atoms with E-state index in [0.717, 1.165) is 17.5 Å². The van der Waals surface area contributed by atoms with Crippen molar-refractivity contribution in [1.29, 1.82) is 0 Å². The molecule has 2 aromatic carbocycles. The summed E-state index contributed by atoms with van der Waals surface area (Å²) in [4.78, 5) is 26.6. The summed E-state index contributed by atoms with van der Waals surface area (Å²) in [7, 11) is 0. The maximum atomic E-state index is 12.6. The van der Waals surface area contributed by atoms with Crippen LogP contribution < -0.4 is 14.8 Å². The summed E-state index contributed by atoms with van der Waals surface area (Å²) in [5.74, 6) is 1.21. The lowest BCUT2D eigenvalue weighted by atomic mass is 10.1. The first kappa shape index (κ1) is 18.2. The first-order valence-corrected chi connectivity index (χ1v) is 9.34. The average molecular weight is 382 g/mol.